The second-order valence-electron chi connectivity index (χ2n) is 5.89. The van der Waals surface area contributed by atoms with Crippen LogP contribution in [0.2, 0.25) is 0 Å². The lowest BCUT2D eigenvalue weighted by Gasteiger charge is -2.39. The van der Waals surface area contributed by atoms with E-state index in [0.717, 1.165) is 30.5 Å². The number of hydrogen-bond acceptors (Lipinski definition) is 5. The van der Waals surface area contributed by atoms with E-state index >= 15 is 0 Å². The van der Waals surface area contributed by atoms with Gasteiger partial charge in [-0.1, -0.05) is 13.8 Å². The van der Waals surface area contributed by atoms with Gasteiger partial charge in [0.15, 0.2) is 0 Å². The van der Waals surface area contributed by atoms with Gasteiger partial charge in [-0.25, -0.2) is 9.97 Å². The molecule has 4 nitrogen and oxygen atoms in total. The molecule has 2 heterocycles. The average molecular weight is 280 g/mol. The predicted octanol–water partition coefficient (Wildman–Crippen LogP) is 2.97. The van der Waals surface area contributed by atoms with Gasteiger partial charge in [-0.15, -0.1) is 0 Å². The minimum absolute atomic E-state index is 0.289. The summed E-state index contributed by atoms with van der Waals surface area (Å²) < 4.78 is 0.289. The Balaban J connectivity index is 2.38. The van der Waals surface area contributed by atoms with Crippen molar-refractivity contribution in [3.63, 3.8) is 0 Å². The van der Waals surface area contributed by atoms with E-state index in [9.17, 15) is 0 Å². The van der Waals surface area contributed by atoms with Crippen LogP contribution >= 0.6 is 11.8 Å². The molecule has 0 atom stereocenters. The maximum atomic E-state index is 4.56. The van der Waals surface area contributed by atoms with Crippen LogP contribution in [0, 0.1) is 0 Å². The molecule has 106 valence electrons. The molecule has 0 amide bonds. The highest BCUT2D eigenvalue weighted by Gasteiger charge is 2.30. The molecule has 0 aromatic carbocycles. The lowest BCUT2D eigenvalue weighted by molar-refractivity contribution is 0.636. The molecule has 0 aliphatic carbocycles. The van der Waals surface area contributed by atoms with Crippen LogP contribution in [0.1, 0.15) is 39.2 Å². The van der Waals surface area contributed by atoms with E-state index in [0.29, 0.717) is 5.92 Å². The molecule has 5 heteroatoms. The van der Waals surface area contributed by atoms with Crippen LogP contribution < -0.4 is 10.2 Å². The van der Waals surface area contributed by atoms with Crippen molar-refractivity contribution in [3.05, 3.63) is 11.9 Å². The number of thioether (sulfide) groups is 1. The van der Waals surface area contributed by atoms with Gasteiger partial charge in [-0.2, -0.15) is 11.8 Å². The lowest BCUT2D eigenvalue weighted by Crippen LogP contribution is -2.44. The smallest absolute Gasteiger partial charge is 0.137 e. The monoisotopic (exact) mass is 280 g/mol. The molecule has 1 saturated heterocycles. The van der Waals surface area contributed by atoms with E-state index in [1.807, 2.05) is 18.8 Å². The van der Waals surface area contributed by atoms with Gasteiger partial charge in [-0.3, -0.25) is 0 Å². The number of anilines is 2. The molecule has 0 radical (unpaired) electrons. The average Bonchev–Trinajstić information content (AvgIpc) is 2.36. The maximum absolute atomic E-state index is 4.56. The number of rotatable bonds is 3. The number of hydrogen-bond donors (Lipinski definition) is 1. The fourth-order valence-electron chi connectivity index (χ4n) is 2.57. The summed E-state index contributed by atoms with van der Waals surface area (Å²) in [5.41, 5.74) is 1.23. The van der Waals surface area contributed by atoms with Crippen molar-refractivity contribution in [2.75, 3.05) is 36.1 Å². The first-order valence-corrected chi connectivity index (χ1v) is 7.85. The van der Waals surface area contributed by atoms with E-state index in [1.54, 1.807) is 6.33 Å². The molecule has 1 N–H and O–H groups in total. The fraction of sp³-hybridized carbons (Fsp3) is 0.714. The quantitative estimate of drug-likeness (QED) is 0.922. The number of aromatic nitrogens is 2. The lowest BCUT2D eigenvalue weighted by atomic mass is 10.0. The minimum Gasteiger partial charge on any atom is -0.373 e. The second kappa shape index (κ2) is 5.57. The summed E-state index contributed by atoms with van der Waals surface area (Å²) in [6.45, 7) is 11.1. The second-order valence-corrected chi connectivity index (χ2v) is 7.70. The zero-order valence-corrected chi connectivity index (χ0v) is 13.3. The highest BCUT2D eigenvalue weighted by atomic mass is 32.2. The van der Waals surface area contributed by atoms with E-state index in [-0.39, 0.29) is 4.75 Å². The number of nitrogens with zero attached hydrogens (tertiary/aromatic N) is 3. The fourth-order valence-corrected chi connectivity index (χ4v) is 3.68. The van der Waals surface area contributed by atoms with Crippen LogP contribution in [-0.4, -0.2) is 40.6 Å². The molecule has 0 spiro atoms. The summed E-state index contributed by atoms with van der Waals surface area (Å²) in [5, 5.41) is 3.19. The van der Waals surface area contributed by atoms with Crippen molar-refractivity contribution in [2.45, 2.75) is 38.4 Å². The van der Waals surface area contributed by atoms with Gasteiger partial charge in [-0.05, 0) is 19.8 Å². The van der Waals surface area contributed by atoms with Crippen molar-refractivity contribution in [2.24, 2.45) is 0 Å². The zero-order valence-electron chi connectivity index (χ0n) is 12.5. The van der Waals surface area contributed by atoms with Gasteiger partial charge in [0.1, 0.15) is 18.0 Å². The molecule has 2 rings (SSSR count). The molecular formula is C14H24N4S. The predicted molar refractivity (Wildman–Crippen MR) is 84.4 cm³/mol. The molecule has 1 fully saturated rings. The van der Waals surface area contributed by atoms with E-state index in [1.165, 1.54) is 5.56 Å². The van der Waals surface area contributed by atoms with E-state index in [4.69, 9.17) is 0 Å². The summed E-state index contributed by atoms with van der Waals surface area (Å²) in [5.74, 6) is 3.62. The highest BCUT2D eigenvalue weighted by Crippen LogP contribution is 2.36. The summed E-state index contributed by atoms with van der Waals surface area (Å²) in [6, 6.07) is 0. The Morgan fingerprint density at radius 3 is 2.68 bits per heavy atom. The SMILES string of the molecule is CNc1ncnc(N2CCSC(C)(C)C2)c1C(C)C. The van der Waals surface area contributed by atoms with Crippen molar-refractivity contribution >= 4 is 23.4 Å². The Labute approximate surface area is 120 Å². The Kier molecular flexibility index (Phi) is 4.23. The Morgan fingerprint density at radius 1 is 1.37 bits per heavy atom. The molecule has 1 aliphatic heterocycles. The normalized spacial score (nSPS) is 18.7. The first kappa shape index (κ1) is 14.4. The van der Waals surface area contributed by atoms with Gasteiger partial charge in [0.2, 0.25) is 0 Å². The van der Waals surface area contributed by atoms with Crippen LogP contribution in [0.4, 0.5) is 11.6 Å². The largest absolute Gasteiger partial charge is 0.373 e. The van der Waals surface area contributed by atoms with Gasteiger partial charge in [0.25, 0.3) is 0 Å². The standard InChI is InChI=1S/C14H24N4S/c1-10(2)11-12(15-5)16-9-17-13(11)18-6-7-19-14(3,4)8-18/h9-10H,6-8H2,1-5H3,(H,15,16,17). The first-order valence-electron chi connectivity index (χ1n) is 6.86. The molecular weight excluding hydrogens is 256 g/mol. The zero-order chi connectivity index (χ0) is 14.0. The molecule has 1 aliphatic rings. The molecule has 0 bridgehead atoms. The first-order chi connectivity index (χ1) is 8.94. The van der Waals surface area contributed by atoms with Crippen LogP contribution in [0.25, 0.3) is 0 Å². The molecule has 0 unspecified atom stereocenters. The third kappa shape index (κ3) is 3.14. The maximum Gasteiger partial charge on any atom is 0.137 e. The van der Waals surface area contributed by atoms with E-state index in [2.05, 4.69) is 47.9 Å². The van der Waals surface area contributed by atoms with Gasteiger partial charge in [0.05, 0.1) is 0 Å². The molecule has 19 heavy (non-hydrogen) atoms. The van der Waals surface area contributed by atoms with Crippen LogP contribution in [0.3, 0.4) is 0 Å². The molecule has 1 aromatic rings. The van der Waals surface area contributed by atoms with Crippen molar-refractivity contribution in [1.29, 1.82) is 0 Å². The van der Waals surface area contributed by atoms with Gasteiger partial charge in [0, 0.05) is 36.2 Å². The van der Waals surface area contributed by atoms with Crippen LogP contribution in [0.5, 0.6) is 0 Å². The third-order valence-electron chi connectivity index (χ3n) is 3.40. The minimum atomic E-state index is 0.289. The highest BCUT2D eigenvalue weighted by molar-refractivity contribution is 8.00. The summed E-state index contributed by atoms with van der Waals surface area (Å²) >= 11 is 2.04. The third-order valence-corrected chi connectivity index (χ3v) is 4.70. The van der Waals surface area contributed by atoms with Crippen LogP contribution in [0.15, 0.2) is 6.33 Å². The Hall–Kier alpha value is -0.970. The summed E-state index contributed by atoms with van der Waals surface area (Å²) in [6.07, 6.45) is 1.67. The molecule has 1 aromatic heterocycles. The number of nitrogens with one attached hydrogen (secondary N) is 1. The van der Waals surface area contributed by atoms with Crippen molar-refractivity contribution in [3.8, 4) is 0 Å². The van der Waals surface area contributed by atoms with Gasteiger partial charge < -0.3 is 10.2 Å². The van der Waals surface area contributed by atoms with Crippen LogP contribution in [-0.2, 0) is 0 Å². The van der Waals surface area contributed by atoms with Crippen molar-refractivity contribution < 1.29 is 0 Å². The van der Waals surface area contributed by atoms with Gasteiger partial charge >= 0.3 is 0 Å². The topological polar surface area (TPSA) is 41.1 Å². The Bertz CT molecular complexity index is 445. The van der Waals surface area contributed by atoms with E-state index < -0.39 is 0 Å². The molecule has 0 saturated carbocycles. The Morgan fingerprint density at radius 2 is 2.11 bits per heavy atom. The van der Waals surface area contributed by atoms with Crippen molar-refractivity contribution in [1.82, 2.24) is 9.97 Å². The summed E-state index contributed by atoms with van der Waals surface area (Å²) in [7, 11) is 1.92. The summed E-state index contributed by atoms with van der Waals surface area (Å²) in [4.78, 5) is 11.3.